The zero-order valence-corrected chi connectivity index (χ0v) is 25.7. The van der Waals surface area contributed by atoms with Gasteiger partial charge in [-0.15, -0.1) is 0 Å². The maximum atomic E-state index is 12.9. The summed E-state index contributed by atoms with van der Waals surface area (Å²) >= 11 is 1.70. The standard InChI is InChI=1S/C34H48N2O3S/c1-4-5-6-7-8-9-10-11-12-13-14-15-23-39-34-30(17-16-18-32(34)38-3)24-33(37)35-31-21-19-29(20-22-31)25-36-27-40-26-28(36)2/h16-22,26-27H,4-15,23-25H2,1-3H3/p+1. The molecule has 0 bridgehead atoms. The lowest BCUT2D eigenvalue weighted by Gasteiger charge is -2.15. The van der Waals surface area contributed by atoms with Crippen LogP contribution < -0.4 is 19.4 Å². The highest BCUT2D eigenvalue weighted by Crippen LogP contribution is 2.32. The van der Waals surface area contributed by atoms with E-state index in [1.54, 1.807) is 18.4 Å². The van der Waals surface area contributed by atoms with Crippen molar-refractivity contribution in [2.24, 2.45) is 0 Å². The van der Waals surface area contributed by atoms with Gasteiger partial charge in [0.05, 0.1) is 25.5 Å². The van der Waals surface area contributed by atoms with E-state index in [-0.39, 0.29) is 12.3 Å². The summed E-state index contributed by atoms with van der Waals surface area (Å²) in [7, 11) is 1.65. The van der Waals surface area contributed by atoms with Gasteiger partial charge in [-0.3, -0.25) is 4.79 Å². The molecule has 0 aliphatic heterocycles. The second-order valence-corrected chi connectivity index (χ2v) is 11.5. The quantitative estimate of drug-likeness (QED) is 0.110. The van der Waals surface area contributed by atoms with Crippen molar-refractivity contribution in [1.82, 2.24) is 0 Å². The predicted octanol–water partition coefficient (Wildman–Crippen LogP) is 8.66. The molecule has 3 aromatic rings. The average molecular weight is 566 g/mol. The van der Waals surface area contributed by atoms with Crippen molar-refractivity contribution in [3.63, 3.8) is 0 Å². The van der Waals surface area contributed by atoms with Gasteiger partial charge in [0.1, 0.15) is 0 Å². The monoisotopic (exact) mass is 565 g/mol. The Hall–Kier alpha value is -2.86. The number of benzene rings is 2. The third-order valence-electron chi connectivity index (χ3n) is 7.35. The van der Waals surface area contributed by atoms with Gasteiger partial charge in [0.2, 0.25) is 11.4 Å². The van der Waals surface area contributed by atoms with E-state index in [0.29, 0.717) is 18.1 Å². The van der Waals surface area contributed by atoms with E-state index < -0.39 is 0 Å². The summed E-state index contributed by atoms with van der Waals surface area (Å²) in [5.74, 6) is 1.29. The van der Waals surface area contributed by atoms with Crippen molar-refractivity contribution in [1.29, 1.82) is 0 Å². The van der Waals surface area contributed by atoms with Crippen LogP contribution in [-0.2, 0) is 17.8 Å². The van der Waals surface area contributed by atoms with Crippen molar-refractivity contribution in [3.05, 3.63) is 70.2 Å². The number of thiazole rings is 1. The second-order valence-electron chi connectivity index (χ2n) is 10.7. The number of carbonyl (C=O) groups excluding carboxylic acids is 1. The average Bonchev–Trinajstić information content (AvgIpc) is 3.36. The summed E-state index contributed by atoms with van der Waals surface area (Å²) in [4.78, 5) is 12.9. The van der Waals surface area contributed by atoms with Crippen molar-refractivity contribution in [3.8, 4) is 11.5 Å². The molecular formula is C34H49N2O3S+. The highest BCUT2D eigenvalue weighted by molar-refractivity contribution is 7.07. The molecule has 6 heteroatoms. The molecule has 40 heavy (non-hydrogen) atoms. The molecular weight excluding hydrogens is 516 g/mol. The number of amides is 1. The van der Waals surface area contributed by atoms with E-state index in [4.69, 9.17) is 9.47 Å². The van der Waals surface area contributed by atoms with Crippen LogP contribution in [0.4, 0.5) is 5.69 Å². The van der Waals surface area contributed by atoms with Crippen molar-refractivity contribution < 1.29 is 18.8 Å². The molecule has 0 radical (unpaired) electrons. The highest BCUT2D eigenvalue weighted by atomic mass is 32.1. The summed E-state index contributed by atoms with van der Waals surface area (Å²) < 4.78 is 13.9. The van der Waals surface area contributed by atoms with Gasteiger partial charge in [-0.1, -0.05) is 113 Å². The molecule has 1 heterocycles. The summed E-state index contributed by atoms with van der Waals surface area (Å²) in [6.45, 7) is 5.84. The molecule has 1 aromatic heterocycles. The van der Waals surface area contributed by atoms with Gasteiger partial charge in [0, 0.05) is 23.7 Å². The number of methoxy groups -OCH3 is 1. The Balaban J connectivity index is 1.38. The van der Waals surface area contributed by atoms with Gasteiger partial charge in [-0.2, -0.15) is 4.57 Å². The van der Waals surface area contributed by atoms with E-state index in [9.17, 15) is 4.79 Å². The number of para-hydroxylation sites is 1. The molecule has 0 unspecified atom stereocenters. The molecule has 1 N–H and O–H groups in total. The Labute approximate surface area is 245 Å². The number of carbonyl (C=O) groups is 1. The molecule has 2 aromatic carbocycles. The van der Waals surface area contributed by atoms with Crippen LogP contribution in [0.25, 0.3) is 0 Å². The van der Waals surface area contributed by atoms with Gasteiger partial charge in [-0.25, -0.2) is 0 Å². The summed E-state index contributed by atoms with van der Waals surface area (Å²) in [6.07, 6.45) is 16.0. The van der Waals surface area contributed by atoms with E-state index in [1.165, 1.54) is 81.9 Å². The van der Waals surface area contributed by atoms with E-state index in [0.717, 1.165) is 24.2 Å². The SMILES string of the molecule is CCCCCCCCCCCCCCOc1c(CC(=O)Nc2ccc(C[n+]3cscc3C)cc2)cccc1OC. The van der Waals surface area contributed by atoms with Crippen LogP contribution in [0.2, 0.25) is 0 Å². The molecule has 0 fully saturated rings. The first-order valence-electron chi connectivity index (χ1n) is 15.2. The van der Waals surface area contributed by atoms with Gasteiger partial charge in [0.15, 0.2) is 23.7 Å². The molecule has 5 nitrogen and oxygen atoms in total. The lowest BCUT2D eigenvalue weighted by Crippen LogP contribution is -2.34. The maximum absolute atomic E-state index is 12.9. The lowest BCUT2D eigenvalue weighted by atomic mass is 10.1. The van der Waals surface area contributed by atoms with Crippen LogP contribution in [0, 0.1) is 6.92 Å². The van der Waals surface area contributed by atoms with Crippen LogP contribution in [-0.4, -0.2) is 19.6 Å². The molecule has 0 atom stereocenters. The number of unbranched alkanes of at least 4 members (excludes halogenated alkanes) is 11. The zero-order valence-electron chi connectivity index (χ0n) is 24.9. The Morgan fingerprint density at radius 3 is 2.12 bits per heavy atom. The number of ether oxygens (including phenoxy) is 2. The lowest BCUT2D eigenvalue weighted by molar-refractivity contribution is -0.689. The number of anilines is 1. The number of nitrogens with zero attached hydrogens (tertiary/aromatic N) is 1. The summed E-state index contributed by atoms with van der Waals surface area (Å²) in [5.41, 5.74) is 6.21. The molecule has 3 rings (SSSR count). The minimum Gasteiger partial charge on any atom is -0.493 e. The van der Waals surface area contributed by atoms with Gasteiger partial charge in [0.25, 0.3) is 0 Å². The Morgan fingerprint density at radius 2 is 1.52 bits per heavy atom. The highest BCUT2D eigenvalue weighted by Gasteiger charge is 2.15. The summed E-state index contributed by atoms with van der Waals surface area (Å²) in [6, 6.07) is 13.8. The Bertz CT molecular complexity index is 1130. The fraction of sp³-hybridized carbons (Fsp3) is 0.529. The molecule has 0 spiro atoms. The molecule has 0 aliphatic carbocycles. The fourth-order valence-electron chi connectivity index (χ4n) is 4.93. The van der Waals surface area contributed by atoms with Crippen LogP contribution in [0.3, 0.4) is 0 Å². The molecule has 0 saturated heterocycles. The predicted molar refractivity (Wildman–Crippen MR) is 167 cm³/mol. The smallest absolute Gasteiger partial charge is 0.228 e. The number of hydrogen-bond acceptors (Lipinski definition) is 4. The molecule has 0 aliphatic rings. The van der Waals surface area contributed by atoms with E-state index in [1.807, 2.05) is 30.3 Å². The minimum absolute atomic E-state index is 0.0701. The van der Waals surface area contributed by atoms with Gasteiger partial charge in [-0.05, 0) is 24.6 Å². The molecule has 1 amide bonds. The van der Waals surface area contributed by atoms with Crippen molar-refractivity contribution >= 4 is 22.9 Å². The van der Waals surface area contributed by atoms with Crippen LogP contribution in [0.5, 0.6) is 11.5 Å². The van der Waals surface area contributed by atoms with Gasteiger partial charge >= 0.3 is 0 Å². The Kier molecular flexibility index (Phi) is 14.6. The second kappa shape index (κ2) is 18.5. The normalized spacial score (nSPS) is 11.0. The zero-order chi connectivity index (χ0) is 28.4. The molecule has 0 saturated carbocycles. The number of aryl methyl sites for hydroxylation is 1. The number of rotatable bonds is 20. The number of nitrogens with one attached hydrogen (secondary N) is 1. The number of aromatic nitrogens is 1. The van der Waals surface area contributed by atoms with Gasteiger partial charge < -0.3 is 14.8 Å². The third kappa shape index (κ3) is 11.3. The first-order chi connectivity index (χ1) is 19.6. The van der Waals surface area contributed by atoms with Crippen LogP contribution in [0.15, 0.2) is 53.4 Å². The largest absolute Gasteiger partial charge is 0.493 e. The van der Waals surface area contributed by atoms with E-state index >= 15 is 0 Å². The maximum Gasteiger partial charge on any atom is 0.228 e. The van der Waals surface area contributed by atoms with E-state index in [2.05, 4.69) is 46.8 Å². The molecule has 218 valence electrons. The first kappa shape index (κ1) is 31.7. The third-order valence-corrected chi connectivity index (χ3v) is 8.20. The minimum atomic E-state index is -0.0701. The summed E-state index contributed by atoms with van der Waals surface area (Å²) in [5, 5.41) is 5.17. The first-order valence-corrected chi connectivity index (χ1v) is 16.1. The Morgan fingerprint density at radius 1 is 0.875 bits per heavy atom. The topological polar surface area (TPSA) is 51.4 Å². The van der Waals surface area contributed by atoms with Crippen LogP contribution >= 0.6 is 11.3 Å². The fourth-order valence-corrected chi connectivity index (χ4v) is 5.71. The van der Waals surface area contributed by atoms with Crippen molar-refractivity contribution in [2.75, 3.05) is 19.0 Å². The van der Waals surface area contributed by atoms with Crippen molar-refractivity contribution in [2.45, 2.75) is 104 Å². The van der Waals surface area contributed by atoms with Crippen LogP contribution in [0.1, 0.15) is 101 Å². The number of hydrogen-bond donors (Lipinski definition) is 1.